The monoisotopic (exact) mass is 381 g/mol. The SMILES string of the molecule is O=Nc1c(O)c(S(=O)(=O)O)cc2cc(S(=O)(=O)O)ccc12.[NaH].[NaH]. The molecule has 0 fully saturated rings. The molecule has 13 heteroatoms. The Kier molecular flexibility index (Phi) is 7.84. The molecule has 0 spiro atoms. The minimum atomic E-state index is -4.87. The quantitative estimate of drug-likeness (QED) is 0.385. The second-order valence-electron chi connectivity index (χ2n) is 4.00. The summed E-state index contributed by atoms with van der Waals surface area (Å²) in [6.45, 7) is 0. The second kappa shape index (κ2) is 7.87. The Labute approximate surface area is 175 Å². The topological polar surface area (TPSA) is 158 Å². The molecule has 0 radical (unpaired) electrons. The zero-order valence-electron chi connectivity index (χ0n) is 9.96. The van der Waals surface area contributed by atoms with Crippen LogP contribution < -0.4 is 0 Å². The van der Waals surface area contributed by atoms with Crippen LogP contribution in [-0.2, 0) is 20.2 Å². The summed E-state index contributed by atoms with van der Waals surface area (Å²) in [4.78, 5) is 9.19. The average Bonchev–Trinajstić information content (AvgIpc) is 2.35. The first-order chi connectivity index (χ1) is 9.55. The van der Waals surface area contributed by atoms with Crippen LogP contribution in [0.3, 0.4) is 0 Å². The van der Waals surface area contributed by atoms with Gasteiger partial charge in [-0.2, -0.15) is 16.8 Å². The van der Waals surface area contributed by atoms with Crippen molar-refractivity contribution in [2.24, 2.45) is 5.18 Å². The van der Waals surface area contributed by atoms with E-state index in [1.807, 2.05) is 0 Å². The van der Waals surface area contributed by atoms with Crippen LogP contribution in [0.25, 0.3) is 10.8 Å². The van der Waals surface area contributed by atoms with Gasteiger partial charge in [-0.05, 0) is 28.8 Å². The number of nitrogens with zero attached hydrogens (tertiary/aromatic N) is 1. The van der Waals surface area contributed by atoms with Gasteiger partial charge in [0.2, 0.25) is 0 Å². The first-order valence-electron chi connectivity index (χ1n) is 5.14. The van der Waals surface area contributed by atoms with Crippen molar-refractivity contribution in [1.29, 1.82) is 0 Å². The van der Waals surface area contributed by atoms with E-state index in [-0.39, 0.29) is 69.9 Å². The van der Waals surface area contributed by atoms with Gasteiger partial charge in [-0.1, -0.05) is 6.07 Å². The summed E-state index contributed by atoms with van der Waals surface area (Å²) in [5.74, 6) is -1.06. The molecule has 2 rings (SSSR count). The number of fused-ring (bicyclic) bond motifs is 1. The molecular weight excluding hydrogens is 372 g/mol. The molecule has 0 unspecified atom stereocenters. The maximum absolute atomic E-state index is 11.1. The summed E-state index contributed by atoms with van der Waals surface area (Å²) in [5.41, 5.74) is -0.679. The van der Waals surface area contributed by atoms with Crippen LogP contribution in [0.5, 0.6) is 5.75 Å². The van der Waals surface area contributed by atoms with E-state index in [0.29, 0.717) is 0 Å². The normalized spacial score (nSPS) is 11.4. The Morgan fingerprint density at radius 3 is 1.91 bits per heavy atom. The number of hydrogen-bond donors (Lipinski definition) is 3. The molecule has 0 saturated carbocycles. The van der Waals surface area contributed by atoms with Crippen molar-refractivity contribution >= 4 is 95.8 Å². The van der Waals surface area contributed by atoms with Crippen molar-refractivity contribution in [2.75, 3.05) is 0 Å². The van der Waals surface area contributed by atoms with E-state index in [0.717, 1.165) is 24.3 Å². The van der Waals surface area contributed by atoms with E-state index >= 15 is 0 Å². The molecule has 3 N–H and O–H groups in total. The van der Waals surface area contributed by atoms with Crippen molar-refractivity contribution in [3.8, 4) is 5.75 Å². The molecule has 0 aromatic heterocycles. The van der Waals surface area contributed by atoms with E-state index in [1.165, 1.54) is 0 Å². The van der Waals surface area contributed by atoms with Gasteiger partial charge in [-0.15, -0.1) is 4.91 Å². The van der Waals surface area contributed by atoms with Gasteiger partial charge in [0, 0.05) is 5.39 Å². The molecule has 0 aliphatic heterocycles. The third-order valence-electron chi connectivity index (χ3n) is 2.69. The van der Waals surface area contributed by atoms with Crippen molar-refractivity contribution < 1.29 is 31.0 Å². The number of aromatic hydroxyl groups is 1. The van der Waals surface area contributed by atoms with Crippen LogP contribution in [0.2, 0.25) is 0 Å². The first-order valence-corrected chi connectivity index (χ1v) is 8.02. The predicted octanol–water partition coefficient (Wildman–Crippen LogP) is 0.140. The molecule has 0 aliphatic carbocycles. The van der Waals surface area contributed by atoms with E-state index in [9.17, 15) is 26.8 Å². The molecule has 0 aliphatic rings. The third-order valence-corrected chi connectivity index (χ3v) is 4.41. The number of phenolic OH excluding ortho intramolecular Hbond substituents is 1. The second-order valence-corrected chi connectivity index (χ2v) is 6.81. The fourth-order valence-electron chi connectivity index (χ4n) is 1.78. The van der Waals surface area contributed by atoms with Gasteiger partial charge in [-0.25, -0.2) is 0 Å². The van der Waals surface area contributed by atoms with Crippen LogP contribution in [0.4, 0.5) is 5.69 Å². The number of hydrogen-bond acceptors (Lipinski definition) is 7. The van der Waals surface area contributed by atoms with Crippen molar-refractivity contribution in [3.05, 3.63) is 29.2 Å². The fourth-order valence-corrected chi connectivity index (χ4v) is 2.91. The number of phenols is 1. The Morgan fingerprint density at radius 2 is 1.48 bits per heavy atom. The van der Waals surface area contributed by atoms with E-state index in [4.69, 9.17) is 9.11 Å². The Hall–Kier alpha value is -0.0800. The van der Waals surface area contributed by atoms with Gasteiger partial charge in [0.05, 0.1) is 4.90 Å². The van der Waals surface area contributed by atoms with E-state index in [1.54, 1.807) is 0 Å². The van der Waals surface area contributed by atoms with Crippen LogP contribution in [-0.4, -0.2) is 90.2 Å². The van der Waals surface area contributed by atoms with Crippen LogP contribution in [0, 0.1) is 4.91 Å². The molecule has 2 aromatic rings. The molecule has 0 amide bonds. The van der Waals surface area contributed by atoms with E-state index < -0.39 is 41.5 Å². The third kappa shape index (κ3) is 4.72. The van der Waals surface area contributed by atoms with Crippen molar-refractivity contribution in [3.63, 3.8) is 0 Å². The number of rotatable bonds is 3. The maximum atomic E-state index is 11.1. The number of benzene rings is 2. The summed E-state index contributed by atoms with van der Waals surface area (Å²) in [6, 6.07) is 3.62. The van der Waals surface area contributed by atoms with Crippen LogP contribution in [0.15, 0.2) is 39.2 Å². The zero-order chi connectivity index (χ0) is 16.0. The summed E-state index contributed by atoms with van der Waals surface area (Å²) >= 11 is 0. The van der Waals surface area contributed by atoms with Gasteiger partial charge in [-0.3, -0.25) is 9.11 Å². The zero-order valence-corrected chi connectivity index (χ0v) is 11.6. The molecule has 9 nitrogen and oxygen atoms in total. The minimum absolute atomic E-state index is 0. The van der Waals surface area contributed by atoms with Crippen molar-refractivity contribution in [2.45, 2.75) is 9.79 Å². The molecule has 0 atom stereocenters. The van der Waals surface area contributed by atoms with Gasteiger partial charge in [0.15, 0.2) is 11.4 Å². The standard InChI is InChI=1S/C10H7NO8S2.2Na.2H/c12-10-8(21(17,18)19)4-5-3-6(20(14,15)16)1-2-7(5)9(10)11-13;;;;/h1-4,12H,(H,14,15,16)(H,17,18,19);;;;. The van der Waals surface area contributed by atoms with E-state index in [2.05, 4.69) is 5.18 Å². The number of nitroso groups, excluding NO2 is 1. The van der Waals surface area contributed by atoms with Gasteiger partial charge >= 0.3 is 59.1 Å². The van der Waals surface area contributed by atoms with Crippen molar-refractivity contribution in [1.82, 2.24) is 0 Å². The molecule has 23 heavy (non-hydrogen) atoms. The van der Waals surface area contributed by atoms with Gasteiger partial charge in [0.25, 0.3) is 20.2 Å². The molecule has 0 heterocycles. The Morgan fingerprint density at radius 1 is 0.913 bits per heavy atom. The van der Waals surface area contributed by atoms with Gasteiger partial charge < -0.3 is 5.11 Å². The van der Waals surface area contributed by atoms with Gasteiger partial charge in [0.1, 0.15) is 4.90 Å². The average molecular weight is 381 g/mol. The summed E-state index contributed by atoms with van der Waals surface area (Å²) in [6.07, 6.45) is 0. The molecular formula is C10H9NNa2O8S2. The predicted molar refractivity (Wildman–Crippen MR) is 85.0 cm³/mol. The molecule has 0 saturated heterocycles. The summed E-state index contributed by atoms with van der Waals surface area (Å²) in [5, 5.41) is 11.9. The summed E-state index contributed by atoms with van der Waals surface area (Å²) < 4.78 is 62.2. The van der Waals surface area contributed by atoms with Crippen LogP contribution in [0.1, 0.15) is 0 Å². The fraction of sp³-hybridized carbons (Fsp3) is 0. The molecule has 0 bridgehead atoms. The summed E-state index contributed by atoms with van der Waals surface area (Å²) in [7, 11) is -9.42. The Balaban J connectivity index is 0.00000242. The Bertz CT molecular complexity index is 972. The van der Waals surface area contributed by atoms with Crippen LogP contribution >= 0.6 is 0 Å². The molecule has 2 aromatic carbocycles. The first kappa shape index (κ1) is 22.9. The molecule has 116 valence electrons.